The fourth-order valence-electron chi connectivity index (χ4n) is 2.29. The van der Waals surface area contributed by atoms with Crippen molar-refractivity contribution in [2.24, 2.45) is 11.7 Å². The van der Waals surface area contributed by atoms with Crippen LogP contribution in [0.25, 0.3) is 0 Å². The Kier molecular flexibility index (Phi) is 4.76. The van der Waals surface area contributed by atoms with Gasteiger partial charge < -0.3 is 15.6 Å². The first kappa shape index (κ1) is 13.8. The summed E-state index contributed by atoms with van der Waals surface area (Å²) >= 11 is 0. The van der Waals surface area contributed by atoms with Crippen molar-refractivity contribution in [2.75, 3.05) is 32.8 Å². The van der Waals surface area contributed by atoms with Crippen LogP contribution in [-0.2, 0) is 0 Å². The molecule has 1 saturated heterocycles. The molecule has 2 rings (SSSR count). The number of nitrogens with zero attached hydrogens (tertiary/aromatic N) is 1. The van der Waals surface area contributed by atoms with Gasteiger partial charge in [0.2, 0.25) is 0 Å². The molecule has 1 atom stereocenters. The minimum absolute atomic E-state index is 0.276. The van der Waals surface area contributed by atoms with Gasteiger partial charge in [0, 0.05) is 13.1 Å². The Labute approximate surface area is 113 Å². The van der Waals surface area contributed by atoms with Crippen molar-refractivity contribution in [1.29, 1.82) is 0 Å². The average Bonchev–Trinajstić information content (AvgIpc) is 2.87. The monoisotopic (exact) mass is 264 g/mol. The summed E-state index contributed by atoms with van der Waals surface area (Å²) < 4.78 is 5.61. The summed E-state index contributed by atoms with van der Waals surface area (Å²) in [5, 5.41) is 8.79. The number of aromatic carboxylic acids is 1. The van der Waals surface area contributed by atoms with Gasteiger partial charge in [-0.25, -0.2) is 4.79 Å². The molecule has 5 heteroatoms. The minimum Gasteiger partial charge on any atom is -0.492 e. The maximum Gasteiger partial charge on any atom is 0.335 e. The number of hydrogen-bond acceptors (Lipinski definition) is 4. The van der Waals surface area contributed by atoms with E-state index in [-0.39, 0.29) is 5.56 Å². The Morgan fingerprint density at radius 1 is 1.42 bits per heavy atom. The number of likely N-dealkylation sites (tertiary alicyclic amines) is 1. The smallest absolute Gasteiger partial charge is 0.335 e. The van der Waals surface area contributed by atoms with E-state index in [2.05, 4.69) is 4.90 Å². The van der Waals surface area contributed by atoms with E-state index in [1.807, 2.05) is 0 Å². The predicted molar refractivity (Wildman–Crippen MR) is 72.5 cm³/mol. The van der Waals surface area contributed by atoms with Gasteiger partial charge in [0.1, 0.15) is 12.4 Å². The van der Waals surface area contributed by atoms with Gasteiger partial charge in [-0.15, -0.1) is 0 Å². The summed E-state index contributed by atoms with van der Waals surface area (Å²) in [6.45, 7) is 4.40. The lowest BCUT2D eigenvalue weighted by molar-refractivity contribution is 0.0697. The maximum atomic E-state index is 10.7. The maximum absolute atomic E-state index is 10.7. The molecular weight excluding hydrogens is 244 g/mol. The molecule has 1 heterocycles. The highest BCUT2D eigenvalue weighted by molar-refractivity contribution is 5.87. The number of benzene rings is 1. The number of carboxylic acids is 1. The molecule has 1 aliphatic rings. The van der Waals surface area contributed by atoms with Gasteiger partial charge in [0.25, 0.3) is 0 Å². The number of rotatable bonds is 6. The van der Waals surface area contributed by atoms with E-state index in [4.69, 9.17) is 15.6 Å². The molecule has 0 aromatic heterocycles. The molecule has 0 spiro atoms. The van der Waals surface area contributed by atoms with Crippen LogP contribution in [0, 0.1) is 5.92 Å². The third-order valence-corrected chi connectivity index (χ3v) is 3.48. The van der Waals surface area contributed by atoms with Crippen molar-refractivity contribution >= 4 is 5.97 Å². The molecule has 3 N–H and O–H groups in total. The second-order valence-electron chi connectivity index (χ2n) is 4.87. The fraction of sp³-hybridized carbons (Fsp3) is 0.500. The molecule has 1 fully saturated rings. The summed E-state index contributed by atoms with van der Waals surface area (Å²) in [5.74, 6) is 0.408. The standard InChI is InChI=1S/C14H20N2O3/c15-9-11-5-6-16(10-11)7-8-19-13-3-1-12(2-4-13)14(17)18/h1-4,11H,5-10,15H2,(H,17,18). The Balaban J connectivity index is 1.72. The highest BCUT2D eigenvalue weighted by Crippen LogP contribution is 2.15. The SMILES string of the molecule is NCC1CCN(CCOc2ccc(C(=O)O)cc2)C1. The van der Waals surface area contributed by atoms with Gasteiger partial charge in [-0.1, -0.05) is 0 Å². The molecule has 0 amide bonds. The first-order chi connectivity index (χ1) is 9.19. The molecule has 1 unspecified atom stereocenters. The van der Waals surface area contributed by atoms with E-state index in [0.29, 0.717) is 18.3 Å². The number of nitrogens with two attached hydrogens (primary N) is 1. The first-order valence-corrected chi connectivity index (χ1v) is 6.57. The second-order valence-corrected chi connectivity index (χ2v) is 4.87. The van der Waals surface area contributed by atoms with E-state index in [1.165, 1.54) is 6.42 Å². The number of ether oxygens (including phenoxy) is 1. The van der Waals surface area contributed by atoms with Crippen LogP contribution in [0.5, 0.6) is 5.75 Å². The lowest BCUT2D eigenvalue weighted by Gasteiger charge is -2.16. The highest BCUT2D eigenvalue weighted by Gasteiger charge is 2.20. The third kappa shape index (κ3) is 3.94. The first-order valence-electron chi connectivity index (χ1n) is 6.57. The van der Waals surface area contributed by atoms with Crippen LogP contribution in [0.15, 0.2) is 24.3 Å². The van der Waals surface area contributed by atoms with Gasteiger partial charge in [0.05, 0.1) is 5.56 Å². The Hall–Kier alpha value is -1.59. The van der Waals surface area contributed by atoms with Crippen molar-refractivity contribution in [1.82, 2.24) is 4.90 Å². The largest absolute Gasteiger partial charge is 0.492 e. The molecule has 1 aromatic rings. The normalized spacial score (nSPS) is 19.5. The molecule has 1 aromatic carbocycles. The number of carboxylic acid groups (broad SMARTS) is 1. The third-order valence-electron chi connectivity index (χ3n) is 3.48. The molecule has 1 aliphatic heterocycles. The van der Waals surface area contributed by atoms with E-state index in [0.717, 1.165) is 26.2 Å². The Morgan fingerprint density at radius 3 is 2.74 bits per heavy atom. The van der Waals surface area contributed by atoms with Crippen LogP contribution in [0.3, 0.4) is 0 Å². The van der Waals surface area contributed by atoms with Crippen LogP contribution in [0.1, 0.15) is 16.8 Å². The molecule has 0 saturated carbocycles. The predicted octanol–water partition coefficient (Wildman–Crippen LogP) is 1.04. The van der Waals surface area contributed by atoms with Gasteiger partial charge in [0.15, 0.2) is 0 Å². The average molecular weight is 264 g/mol. The Morgan fingerprint density at radius 2 is 2.16 bits per heavy atom. The molecule has 19 heavy (non-hydrogen) atoms. The van der Waals surface area contributed by atoms with Crippen LogP contribution in [0.4, 0.5) is 0 Å². The minimum atomic E-state index is -0.920. The number of hydrogen-bond donors (Lipinski definition) is 2. The molecule has 104 valence electrons. The molecular formula is C14H20N2O3. The second kappa shape index (κ2) is 6.54. The van der Waals surface area contributed by atoms with E-state index >= 15 is 0 Å². The molecule has 0 bridgehead atoms. The highest BCUT2D eigenvalue weighted by atomic mass is 16.5. The zero-order valence-corrected chi connectivity index (χ0v) is 10.9. The van der Waals surface area contributed by atoms with Gasteiger partial charge in [-0.3, -0.25) is 4.90 Å². The van der Waals surface area contributed by atoms with Crippen molar-refractivity contribution in [3.8, 4) is 5.75 Å². The summed E-state index contributed by atoms with van der Waals surface area (Å²) in [4.78, 5) is 13.1. The van der Waals surface area contributed by atoms with Crippen molar-refractivity contribution in [3.05, 3.63) is 29.8 Å². The summed E-state index contributed by atoms with van der Waals surface area (Å²) in [6.07, 6.45) is 1.17. The fourth-order valence-corrected chi connectivity index (χ4v) is 2.29. The van der Waals surface area contributed by atoms with Crippen molar-refractivity contribution < 1.29 is 14.6 Å². The zero-order valence-electron chi connectivity index (χ0n) is 10.9. The van der Waals surface area contributed by atoms with Crippen LogP contribution < -0.4 is 10.5 Å². The lowest BCUT2D eigenvalue weighted by Crippen LogP contribution is -2.27. The van der Waals surface area contributed by atoms with Crippen LogP contribution in [-0.4, -0.2) is 48.8 Å². The molecule has 0 aliphatic carbocycles. The molecule has 5 nitrogen and oxygen atoms in total. The van der Waals surface area contributed by atoms with Crippen molar-refractivity contribution in [2.45, 2.75) is 6.42 Å². The van der Waals surface area contributed by atoms with E-state index in [9.17, 15) is 4.79 Å². The summed E-state index contributed by atoms with van der Waals surface area (Å²) in [7, 11) is 0. The van der Waals surface area contributed by atoms with Gasteiger partial charge in [-0.05, 0) is 49.7 Å². The van der Waals surface area contributed by atoms with Crippen molar-refractivity contribution in [3.63, 3.8) is 0 Å². The van der Waals surface area contributed by atoms with E-state index < -0.39 is 5.97 Å². The van der Waals surface area contributed by atoms with Crippen LogP contribution >= 0.6 is 0 Å². The van der Waals surface area contributed by atoms with E-state index in [1.54, 1.807) is 24.3 Å². The van der Waals surface area contributed by atoms with Gasteiger partial charge >= 0.3 is 5.97 Å². The van der Waals surface area contributed by atoms with Gasteiger partial charge in [-0.2, -0.15) is 0 Å². The van der Waals surface area contributed by atoms with Crippen LogP contribution in [0.2, 0.25) is 0 Å². The Bertz CT molecular complexity index is 419. The topological polar surface area (TPSA) is 75.8 Å². The number of carbonyl (C=O) groups is 1. The lowest BCUT2D eigenvalue weighted by atomic mass is 10.1. The summed E-state index contributed by atoms with van der Waals surface area (Å²) in [5.41, 5.74) is 5.92. The summed E-state index contributed by atoms with van der Waals surface area (Å²) in [6, 6.07) is 6.49. The molecule has 0 radical (unpaired) electrons. The quantitative estimate of drug-likeness (QED) is 0.803. The zero-order chi connectivity index (χ0) is 13.7.